The summed E-state index contributed by atoms with van der Waals surface area (Å²) in [5.74, 6) is -0.234. The van der Waals surface area contributed by atoms with Crippen LogP contribution in [-0.4, -0.2) is 18.1 Å². The maximum absolute atomic E-state index is 13.1. The van der Waals surface area contributed by atoms with Gasteiger partial charge < -0.3 is 10.6 Å². The summed E-state index contributed by atoms with van der Waals surface area (Å²) < 4.78 is 14.3. The lowest BCUT2D eigenvalue weighted by Crippen LogP contribution is -2.20. The standard InChI is InChI=1S/C16H16FN3S/c17-12-6-8-13(9-7-12)20(11-3-10-18)16-19-14-4-1-2-5-15(14)21-16/h1-2,4-9H,3,10-11,18H2. The van der Waals surface area contributed by atoms with E-state index in [1.54, 1.807) is 23.5 Å². The van der Waals surface area contributed by atoms with Crippen LogP contribution in [0.4, 0.5) is 15.2 Å². The minimum Gasteiger partial charge on any atom is -0.330 e. The molecule has 3 nitrogen and oxygen atoms in total. The van der Waals surface area contributed by atoms with Crippen LogP contribution in [0.1, 0.15) is 6.42 Å². The van der Waals surface area contributed by atoms with E-state index in [1.165, 1.54) is 12.1 Å². The fourth-order valence-corrected chi connectivity index (χ4v) is 3.19. The van der Waals surface area contributed by atoms with E-state index >= 15 is 0 Å². The van der Waals surface area contributed by atoms with E-state index in [-0.39, 0.29) is 5.82 Å². The molecule has 2 aromatic carbocycles. The number of hydrogen-bond acceptors (Lipinski definition) is 4. The van der Waals surface area contributed by atoms with Crippen LogP contribution in [-0.2, 0) is 0 Å². The monoisotopic (exact) mass is 301 g/mol. The molecule has 0 bridgehead atoms. The molecule has 0 saturated heterocycles. The molecule has 0 fully saturated rings. The van der Waals surface area contributed by atoms with Crippen molar-refractivity contribution in [3.05, 3.63) is 54.3 Å². The third-order valence-corrected chi connectivity index (χ3v) is 4.30. The van der Waals surface area contributed by atoms with Crippen molar-refractivity contribution in [2.24, 2.45) is 5.73 Å². The Labute approximate surface area is 126 Å². The number of hydrogen-bond donors (Lipinski definition) is 1. The van der Waals surface area contributed by atoms with Gasteiger partial charge in [-0.25, -0.2) is 9.37 Å². The Morgan fingerprint density at radius 1 is 1.10 bits per heavy atom. The molecular weight excluding hydrogens is 285 g/mol. The molecule has 0 spiro atoms. The van der Waals surface area contributed by atoms with Crippen molar-refractivity contribution < 1.29 is 4.39 Å². The number of benzene rings is 2. The Morgan fingerprint density at radius 3 is 2.57 bits per heavy atom. The zero-order valence-electron chi connectivity index (χ0n) is 11.5. The number of aromatic nitrogens is 1. The fraction of sp³-hybridized carbons (Fsp3) is 0.188. The van der Waals surface area contributed by atoms with E-state index < -0.39 is 0 Å². The van der Waals surface area contributed by atoms with Crippen LogP contribution < -0.4 is 10.6 Å². The van der Waals surface area contributed by atoms with Crippen LogP contribution in [0.25, 0.3) is 10.2 Å². The van der Waals surface area contributed by atoms with Crippen molar-refractivity contribution in [3.63, 3.8) is 0 Å². The highest BCUT2D eigenvalue weighted by Gasteiger charge is 2.14. The van der Waals surface area contributed by atoms with Gasteiger partial charge in [-0.15, -0.1) is 0 Å². The molecule has 0 amide bonds. The second-order valence-corrected chi connectivity index (χ2v) is 5.74. The number of thiazole rings is 1. The first kappa shape index (κ1) is 14.0. The molecule has 108 valence electrons. The van der Waals surface area contributed by atoms with Crippen LogP contribution >= 0.6 is 11.3 Å². The fourth-order valence-electron chi connectivity index (χ4n) is 2.18. The van der Waals surface area contributed by atoms with Gasteiger partial charge in [-0.1, -0.05) is 23.5 Å². The van der Waals surface area contributed by atoms with Gasteiger partial charge in [0.25, 0.3) is 0 Å². The number of fused-ring (bicyclic) bond motifs is 1. The Bertz CT molecular complexity index is 691. The van der Waals surface area contributed by atoms with E-state index in [0.29, 0.717) is 6.54 Å². The highest BCUT2D eigenvalue weighted by molar-refractivity contribution is 7.22. The summed E-state index contributed by atoms with van der Waals surface area (Å²) in [7, 11) is 0. The molecule has 3 aromatic rings. The van der Waals surface area contributed by atoms with E-state index in [4.69, 9.17) is 5.73 Å². The van der Waals surface area contributed by atoms with Crippen molar-refractivity contribution >= 4 is 32.4 Å². The zero-order chi connectivity index (χ0) is 14.7. The maximum Gasteiger partial charge on any atom is 0.190 e. The third kappa shape index (κ3) is 3.04. The van der Waals surface area contributed by atoms with Gasteiger partial charge in [0.15, 0.2) is 5.13 Å². The van der Waals surface area contributed by atoms with Gasteiger partial charge in [0.1, 0.15) is 5.82 Å². The Hall–Kier alpha value is -1.98. The number of rotatable bonds is 5. The molecule has 0 unspecified atom stereocenters. The van der Waals surface area contributed by atoms with Gasteiger partial charge in [0.05, 0.1) is 10.2 Å². The van der Waals surface area contributed by atoms with E-state index in [9.17, 15) is 4.39 Å². The van der Waals surface area contributed by atoms with Crippen LogP contribution in [0.5, 0.6) is 0 Å². The van der Waals surface area contributed by atoms with Gasteiger partial charge in [-0.05, 0) is 49.4 Å². The number of nitrogens with two attached hydrogens (primary N) is 1. The lowest BCUT2D eigenvalue weighted by Gasteiger charge is -2.21. The van der Waals surface area contributed by atoms with Crippen molar-refractivity contribution in [2.45, 2.75) is 6.42 Å². The van der Waals surface area contributed by atoms with Gasteiger partial charge in [0.2, 0.25) is 0 Å². The lowest BCUT2D eigenvalue weighted by atomic mass is 10.2. The molecule has 0 saturated carbocycles. The first-order valence-corrected chi connectivity index (χ1v) is 7.68. The second kappa shape index (κ2) is 6.20. The smallest absolute Gasteiger partial charge is 0.190 e. The molecule has 0 aliphatic carbocycles. The van der Waals surface area contributed by atoms with E-state index in [2.05, 4.69) is 16.0 Å². The average molecular weight is 301 g/mol. The average Bonchev–Trinajstić information content (AvgIpc) is 2.93. The van der Waals surface area contributed by atoms with Gasteiger partial charge in [0, 0.05) is 12.2 Å². The normalized spacial score (nSPS) is 11.0. The zero-order valence-corrected chi connectivity index (χ0v) is 12.3. The topological polar surface area (TPSA) is 42.1 Å². The minimum absolute atomic E-state index is 0.234. The Morgan fingerprint density at radius 2 is 1.86 bits per heavy atom. The molecule has 2 N–H and O–H groups in total. The molecule has 5 heteroatoms. The predicted molar refractivity (Wildman–Crippen MR) is 86.7 cm³/mol. The van der Waals surface area contributed by atoms with Crippen molar-refractivity contribution in [2.75, 3.05) is 18.0 Å². The summed E-state index contributed by atoms with van der Waals surface area (Å²) in [5, 5.41) is 0.913. The quantitative estimate of drug-likeness (QED) is 0.776. The summed E-state index contributed by atoms with van der Waals surface area (Å²) in [6.45, 7) is 1.38. The molecule has 0 aliphatic rings. The maximum atomic E-state index is 13.1. The molecule has 1 aromatic heterocycles. The van der Waals surface area contributed by atoms with Crippen LogP contribution in [0.15, 0.2) is 48.5 Å². The van der Waals surface area contributed by atoms with Crippen molar-refractivity contribution in [1.82, 2.24) is 4.98 Å². The van der Waals surface area contributed by atoms with E-state index in [1.807, 2.05) is 18.2 Å². The van der Waals surface area contributed by atoms with E-state index in [0.717, 1.165) is 34.0 Å². The molecule has 21 heavy (non-hydrogen) atoms. The van der Waals surface area contributed by atoms with Crippen molar-refractivity contribution in [3.8, 4) is 0 Å². The number of anilines is 2. The van der Waals surface area contributed by atoms with Crippen LogP contribution in [0.2, 0.25) is 0 Å². The van der Waals surface area contributed by atoms with Crippen LogP contribution in [0.3, 0.4) is 0 Å². The van der Waals surface area contributed by atoms with Crippen molar-refractivity contribution in [1.29, 1.82) is 0 Å². The highest BCUT2D eigenvalue weighted by atomic mass is 32.1. The first-order chi connectivity index (χ1) is 10.3. The third-order valence-electron chi connectivity index (χ3n) is 3.24. The molecule has 0 aliphatic heterocycles. The SMILES string of the molecule is NCCCN(c1ccc(F)cc1)c1nc2ccccc2s1. The Balaban J connectivity index is 1.99. The summed E-state index contributed by atoms with van der Waals surface area (Å²) in [4.78, 5) is 6.77. The molecular formula is C16H16FN3S. The first-order valence-electron chi connectivity index (χ1n) is 6.86. The molecule has 0 radical (unpaired) electrons. The number of nitrogens with zero attached hydrogens (tertiary/aromatic N) is 2. The molecule has 1 heterocycles. The largest absolute Gasteiger partial charge is 0.330 e. The number of para-hydroxylation sites is 1. The summed E-state index contributed by atoms with van der Waals surface area (Å²) >= 11 is 1.64. The summed E-state index contributed by atoms with van der Waals surface area (Å²) in [5.41, 5.74) is 7.55. The lowest BCUT2D eigenvalue weighted by molar-refractivity contribution is 0.627. The van der Waals surface area contributed by atoms with Crippen LogP contribution in [0, 0.1) is 5.82 Å². The molecule has 0 atom stereocenters. The van der Waals surface area contributed by atoms with Gasteiger partial charge in [-0.2, -0.15) is 0 Å². The summed E-state index contributed by atoms with van der Waals surface area (Å²) in [6.07, 6.45) is 0.854. The van der Waals surface area contributed by atoms with Gasteiger partial charge in [-0.3, -0.25) is 0 Å². The minimum atomic E-state index is -0.234. The highest BCUT2D eigenvalue weighted by Crippen LogP contribution is 2.33. The Kier molecular flexibility index (Phi) is 4.13. The predicted octanol–water partition coefficient (Wildman–Crippen LogP) is 3.92. The number of halogens is 1. The summed E-state index contributed by atoms with van der Waals surface area (Å²) in [6, 6.07) is 14.5. The second-order valence-electron chi connectivity index (χ2n) is 4.73. The van der Waals surface area contributed by atoms with Gasteiger partial charge >= 0.3 is 0 Å². The molecule has 3 rings (SSSR count).